The molecular formula is C9H9BrN2O4. The van der Waals surface area contributed by atoms with Gasteiger partial charge in [-0.1, -0.05) is 15.9 Å². The van der Waals surface area contributed by atoms with Crippen LogP contribution in [0.1, 0.15) is 0 Å². The molecule has 0 aliphatic heterocycles. The molecule has 86 valence electrons. The van der Waals surface area contributed by atoms with Crippen LogP contribution in [-0.4, -0.2) is 23.3 Å². The number of non-ortho nitro benzene ring substituents is 1. The molecule has 0 aliphatic carbocycles. The highest BCUT2D eigenvalue weighted by Gasteiger charge is 2.12. The molecule has 16 heavy (non-hydrogen) atoms. The summed E-state index contributed by atoms with van der Waals surface area (Å²) < 4.78 is 4.95. The normalized spacial score (nSPS) is 9.62. The summed E-state index contributed by atoms with van der Waals surface area (Å²) in [4.78, 5) is 21.1. The lowest BCUT2D eigenvalue weighted by atomic mass is 10.2. The molecule has 1 N–H and O–H groups in total. The molecule has 0 aliphatic rings. The second kappa shape index (κ2) is 5.45. The zero-order chi connectivity index (χ0) is 12.1. The summed E-state index contributed by atoms with van der Waals surface area (Å²) in [7, 11) is 1.38. The van der Waals surface area contributed by atoms with E-state index >= 15 is 0 Å². The van der Waals surface area contributed by atoms with Crippen molar-refractivity contribution in [3.05, 3.63) is 28.3 Å². The predicted octanol–water partition coefficient (Wildman–Crippen LogP) is 1.94. The summed E-state index contributed by atoms with van der Waals surface area (Å²) in [6.07, 6.45) is 0. The molecule has 0 aromatic heterocycles. The minimum absolute atomic E-state index is 0.0892. The summed E-state index contributed by atoms with van der Waals surface area (Å²) in [5.41, 5.74) is 0.311. The summed E-state index contributed by atoms with van der Waals surface area (Å²) in [5, 5.41) is 13.2. The second-order valence-corrected chi connectivity index (χ2v) is 3.38. The Labute approximate surface area is 99.9 Å². The summed E-state index contributed by atoms with van der Waals surface area (Å²) >= 11 is 3.00. The molecule has 0 unspecified atom stereocenters. The molecule has 0 radical (unpaired) electrons. The van der Waals surface area contributed by atoms with Gasteiger partial charge in [0.1, 0.15) is 5.75 Å². The molecule has 0 heterocycles. The van der Waals surface area contributed by atoms with Gasteiger partial charge in [0.25, 0.3) is 5.69 Å². The van der Waals surface area contributed by atoms with E-state index in [-0.39, 0.29) is 22.7 Å². The van der Waals surface area contributed by atoms with Gasteiger partial charge in [0.05, 0.1) is 29.1 Å². The standard InChI is InChI=1S/C9H9BrN2O4/c1-16-8-4-6(12(14)15)2-3-7(8)11-9(13)5-10/h2-4H,5H2,1H3,(H,11,13). The Balaban J connectivity index is 3.02. The van der Waals surface area contributed by atoms with Crippen molar-refractivity contribution in [2.24, 2.45) is 0 Å². The van der Waals surface area contributed by atoms with Crippen LogP contribution >= 0.6 is 15.9 Å². The maximum absolute atomic E-state index is 11.1. The molecule has 1 aromatic carbocycles. The molecule has 0 fully saturated rings. The first-order valence-corrected chi connectivity index (χ1v) is 5.39. The first-order chi connectivity index (χ1) is 7.58. The number of ether oxygens (including phenoxy) is 1. The van der Waals surface area contributed by atoms with Gasteiger partial charge in [0, 0.05) is 6.07 Å². The van der Waals surface area contributed by atoms with E-state index in [1.54, 1.807) is 0 Å². The van der Waals surface area contributed by atoms with Gasteiger partial charge in [-0.05, 0) is 6.07 Å². The highest BCUT2D eigenvalue weighted by Crippen LogP contribution is 2.28. The molecule has 1 aromatic rings. The van der Waals surface area contributed by atoms with E-state index < -0.39 is 4.92 Å². The molecule has 6 nitrogen and oxygen atoms in total. The fourth-order valence-electron chi connectivity index (χ4n) is 1.08. The number of benzene rings is 1. The summed E-state index contributed by atoms with van der Waals surface area (Å²) in [5.74, 6) is -0.00402. The number of rotatable bonds is 4. The van der Waals surface area contributed by atoms with Crippen molar-refractivity contribution in [3.8, 4) is 5.75 Å². The Morgan fingerprint density at radius 3 is 2.81 bits per heavy atom. The van der Waals surface area contributed by atoms with Crippen LogP contribution in [0.25, 0.3) is 0 Å². The average molecular weight is 289 g/mol. The number of nitro groups is 1. The predicted molar refractivity (Wildman–Crippen MR) is 62.1 cm³/mol. The third-order valence-electron chi connectivity index (χ3n) is 1.79. The lowest BCUT2D eigenvalue weighted by molar-refractivity contribution is -0.384. The van der Waals surface area contributed by atoms with E-state index in [1.807, 2.05) is 0 Å². The third-order valence-corrected chi connectivity index (χ3v) is 2.30. The second-order valence-electron chi connectivity index (χ2n) is 2.82. The molecule has 0 bridgehead atoms. The minimum Gasteiger partial charge on any atom is -0.494 e. The number of nitro benzene ring substituents is 1. The summed E-state index contributed by atoms with van der Waals surface area (Å²) in [6.45, 7) is 0. The maximum Gasteiger partial charge on any atom is 0.273 e. The Morgan fingerprint density at radius 1 is 1.62 bits per heavy atom. The smallest absolute Gasteiger partial charge is 0.273 e. The molecular weight excluding hydrogens is 280 g/mol. The lowest BCUT2D eigenvalue weighted by Gasteiger charge is -2.08. The minimum atomic E-state index is -0.529. The fourth-order valence-corrected chi connectivity index (χ4v) is 1.22. The monoisotopic (exact) mass is 288 g/mol. The van der Waals surface area contributed by atoms with E-state index in [0.29, 0.717) is 5.69 Å². The van der Waals surface area contributed by atoms with E-state index in [0.717, 1.165) is 0 Å². The van der Waals surface area contributed by atoms with Crippen LogP contribution in [0.2, 0.25) is 0 Å². The number of methoxy groups -OCH3 is 1. The van der Waals surface area contributed by atoms with Gasteiger partial charge in [0.2, 0.25) is 5.91 Å². The molecule has 7 heteroatoms. The van der Waals surface area contributed by atoms with E-state index in [2.05, 4.69) is 21.2 Å². The molecule has 0 saturated carbocycles. The number of anilines is 1. The number of hydrogen-bond donors (Lipinski definition) is 1. The van der Waals surface area contributed by atoms with Gasteiger partial charge in [0.15, 0.2) is 0 Å². The van der Waals surface area contributed by atoms with Crippen molar-refractivity contribution >= 4 is 33.2 Å². The van der Waals surface area contributed by atoms with Gasteiger partial charge < -0.3 is 10.1 Å². The van der Waals surface area contributed by atoms with Crippen LogP contribution in [0.5, 0.6) is 5.75 Å². The van der Waals surface area contributed by atoms with Crippen LogP contribution in [0, 0.1) is 10.1 Å². The average Bonchev–Trinajstić information content (AvgIpc) is 2.29. The number of carbonyl (C=O) groups is 1. The molecule has 0 saturated heterocycles. The Kier molecular flexibility index (Phi) is 4.24. The molecule has 0 atom stereocenters. The Morgan fingerprint density at radius 2 is 2.31 bits per heavy atom. The van der Waals surface area contributed by atoms with Gasteiger partial charge in [-0.2, -0.15) is 0 Å². The van der Waals surface area contributed by atoms with E-state index in [1.165, 1.54) is 25.3 Å². The number of carbonyl (C=O) groups excluding carboxylic acids is 1. The highest BCUT2D eigenvalue weighted by molar-refractivity contribution is 9.09. The van der Waals surface area contributed by atoms with Crippen molar-refractivity contribution in [2.75, 3.05) is 17.8 Å². The van der Waals surface area contributed by atoms with Gasteiger partial charge in [-0.25, -0.2) is 0 Å². The van der Waals surface area contributed by atoms with Crippen molar-refractivity contribution in [1.82, 2.24) is 0 Å². The van der Waals surface area contributed by atoms with Crippen LogP contribution in [-0.2, 0) is 4.79 Å². The SMILES string of the molecule is COc1cc([N+](=O)[O-])ccc1NC(=O)CBr. The van der Waals surface area contributed by atoms with E-state index in [9.17, 15) is 14.9 Å². The van der Waals surface area contributed by atoms with Gasteiger partial charge in [-0.15, -0.1) is 0 Å². The molecule has 1 rings (SSSR count). The third kappa shape index (κ3) is 2.93. The van der Waals surface area contributed by atoms with Crippen LogP contribution in [0.15, 0.2) is 18.2 Å². The van der Waals surface area contributed by atoms with Crippen LogP contribution < -0.4 is 10.1 Å². The van der Waals surface area contributed by atoms with Crippen molar-refractivity contribution in [1.29, 1.82) is 0 Å². The van der Waals surface area contributed by atoms with Gasteiger partial charge >= 0.3 is 0 Å². The number of amides is 1. The number of halogens is 1. The Bertz CT molecular complexity index is 422. The first kappa shape index (κ1) is 12.4. The maximum atomic E-state index is 11.1. The summed E-state index contributed by atoms with van der Waals surface area (Å²) in [6, 6.07) is 3.98. The zero-order valence-corrected chi connectivity index (χ0v) is 9.98. The van der Waals surface area contributed by atoms with Crippen molar-refractivity contribution in [2.45, 2.75) is 0 Å². The number of nitrogens with zero attached hydrogens (tertiary/aromatic N) is 1. The number of nitrogens with one attached hydrogen (secondary N) is 1. The quantitative estimate of drug-likeness (QED) is 0.521. The zero-order valence-electron chi connectivity index (χ0n) is 8.40. The fraction of sp³-hybridized carbons (Fsp3) is 0.222. The molecule has 1 amide bonds. The number of hydrogen-bond acceptors (Lipinski definition) is 4. The first-order valence-electron chi connectivity index (χ1n) is 4.26. The molecule has 0 spiro atoms. The van der Waals surface area contributed by atoms with Crippen molar-refractivity contribution in [3.63, 3.8) is 0 Å². The number of alkyl halides is 1. The largest absolute Gasteiger partial charge is 0.494 e. The van der Waals surface area contributed by atoms with Crippen molar-refractivity contribution < 1.29 is 14.5 Å². The van der Waals surface area contributed by atoms with Crippen LogP contribution in [0.3, 0.4) is 0 Å². The lowest BCUT2D eigenvalue weighted by Crippen LogP contribution is -2.13. The van der Waals surface area contributed by atoms with Crippen LogP contribution in [0.4, 0.5) is 11.4 Å². The highest BCUT2D eigenvalue weighted by atomic mass is 79.9. The topological polar surface area (TPSA) is 81.5 Å². The Hall–Kier alpha value is -1.63. The van der Waals surface area contributed by atoms with Gasteiger partial charge in [-0.3, -0.25) is 14.9 Å². The van der Waals surface area contributed by atoms with E-state index in [4.69, 9.17) is 4.74 Å².